The van der Waals surface area contributed by atoms with E-state index in [9.17, 15) is 18.4 Å². The normalized spacial score (nSPS) is 16.9. The standard InChI is InChI=1S/C27H23F2N5O3S/c1-14-12-16(37-23-17(28)5-2-6-18(23)29)7-8-19(14)34-20-9-11-31-26-21(20)22(33-27(34)36)24(38-26)25(35)32-15-4-3-10-30-13-15/h2,5-9,11-12,15,30H,3-4,10,13H2,1H3,(H,32,35)(H,33,36)/t15-/m1/s1. The molecule has 3 N–H and O–H groups in total. The molecule has 6 rings (SSSR count). The molecule has 2 aliphatic rings. The van der Waals surface area contributed by atoms with Crippen molar-refractivity contribution in [3.8, 4) is 11.5 Å². The molecule has 0 bridgehead atoms. The van der Waals surface area contributed by atoms with Gasteiger partial charge in [-0.3, -0.25) is 9.69 Å². The second kappa shape index (κ2) is 9.66. The van der Waals surface area contributed by atoms with Gasteiger partial charge in [0.15, 0.2) is 17.4 Å². The molecule has 4 heterocycles. The fourth-order valence-electron chi connectivity index (χ4n) is 4.85. The molecule has 194 valence electrons. The molecule has 0 saturated carbocycles. The highest BCUT2D eigenvalue weighted by Gasteiger charge is 2.34. The number of aromatic nitrogens is 1. The SMILES string of the molecule is Cc1cc(Oc2c(F)cccc2F)ccc1N1C(=O)Nc2c(C(=O)N[C@@H]3CCCNC3)sc3nccc1c23. The van der Waals surface area contributed by atoms with E-state index in [0.717, 1.165) is 31.5 Å². The summed E-state index contributed by atoms with van der Waals surface area (Å²) in [5, 5.41) is 9.91. The van der Waals surface area contributed by atoms with Crippen LogP contribution in [0.3, 0.4) is 0 Å². The highest BCUT2D eigenvalue weighted by atomic mass is 32.1. The number of ether oxygens (including phenoxy) is 1. The van der Waals surface area contributed by atoms with Crippen LogP contribution >= 0.6 is 11.3 Å². The van der Waals surface area contributed by atoms with E-state index in [2.05, 4.69) is 20.9 Å². The summed E-state index contributed by atoms with van der Waals surface area (Å²) in [4.78, 5) is 33.5. The number of pyridine rings is 1. The van der Waals surface area contributed by atoms with Gasteiger partial charge in [0.2, 0.25) is 0 Å². The zero-order chi connectivity index (χ0) is 26.4. The number of halogens is 2. The summed E-state index contributed by atoms with van der Waals surface area (Å²) in [5.41, 5.74) is 2.22. The van der Waals surface area contributed by atoms with E-state index in [1.54, 1.807) is 37.4 Å². The highest BCUT2D eigenvalue weighted by Crippen LogP contribution is 2.46. The number of rotatable bonds is 5. The number of anilines is 3. The molecule has 3 amide bonds. The summed E-state index contributed by atoms with van der Waals surface area (Å²) >= 11 is 1.23. The van der Waals surface area contributed by atoms with Gasteiger partial charge >= 0.3 is 6.03 Å². The summed E-state index contributed by atoms with van der Waals surface area (Å²) in [5.74, 6) is -2.14. The van der Waals surface area contributed by atoms with E-state index in [-0.39, 0.29) is 17.7 Å². The van der Waals surface area contributed by atoms with Crippen molar-refractivity contribution < 1.29 is 23.1 Å². The molecule has 1 saturated heterocycles. The average Bonchev–Trinajstić information content (AvgIpc) is 3.27. The van der Waals surface area contributed by atoms with Crippen LogP contribution in [0.4, 0.5) is 30.6 Å². The second-order valence-corrected chi connectivity index (χ2v) is 10.2. The first kappa shape index (κ1) is 24.3. The third-order valence-electron chi connectivity index (χ3n) is 6.63. The van der Waals surface area contributed by atoms with Crippen LogP contribution in [0.25, 0.3) is 10.2 Å². The number of hydrogen-bond acceptors (Lipinski definition) is 6. The summed E-state index contributed by atoms with van der Waals surface area (Å²) < 4.78 is 33.6. The Kier molecular flexibility index (Phi) is 6.16. The molecular weight excluding hydrogens is 512 g/mol. The van der Waals surface area contributed by atoms with Gasteiger partial charge in [-0.05, 0) is 68.3 Å². The van der Waals surface area contributed by atoms with Gasteiger partial charge in [0.05, 0.1) is 22.4 Å². The number of nitrogens with zero attached hydrogens (tertiary/aromatic N) is 2. The van der Waals surface area contributed by atoms with E-state index < -0.39 is 23.4 Å². The van der Waals surface area contributed by atoms with E-state index in [0.29, 0.717) is 44.3 Å². The lowest BCUT2D eigenvalue weighted by Gasteiger charge is -2.30. The fraction of sp³-hybridized carbons (Fsp3) is 0.222. The molecule has 0 spiro atoms. The number of urea groups is 1. The van der Waals surface area contributed by atoms with Gasteiger partial charge in [-0.2, -0.15) is 0 Å². The molecule has 2 aromatic carbocycles. The van der Waals surface area contributed by atoms with Crippen molar-refractivity contribution in [2.75, 3.05) is 23.3 Å². The van der Waals surface area contributed by atoms with E-state index >= 15 is 0 Å². The Bertz CT molecular complexity index is 1560. The number of piperidine rings is 1. The van der Waals surface area contributed by atoms with Crippen LogP contribution in [-0.4, -0.2) is 36.1 Å². The van der Waals surface area contributed by atoms with E-state index in [1.165, 1.54) is 22.3 Å². The first-order valence-electron chi connectivity index (χ1n) is 12.2. The van der Waals surface area contributed by atoms with E-state index in [1.807, 2.05) is 0 Å². The van der Waals surface area contributed by atoms with Crippen molar-refractivity contribution >= 4 is 50.6 Å². The van der Waals surface area contributed by atoms with E-state index in [4.69, 9.17) is 4.74 Å². The minimum absolute atomic E-state index is 0.0260. The van der Waals surface area contributed by atoms with Crippen LogP contribution in [-0.2, 0) is 0 Å². The molecule has 2 aliphatic heterocycles. The molecular formula is C27H23F2N5O3S. The third-order valence-corrected chi connectivity index (χ3v) is 7.73. The maximum atomic E-state index is 14.1. The number of aryl methyl sites for hydroxylation is 1. The van der Waals surface area contributed by atoms with Crippen molar-refractivity contribution in [3.05, 3.63) is 70.7 Å². The lowest BCUT2D eigenvalue weighted by molar-refractivity contribution is 0.0935. The molecule has 0 radical (unpaired) electrons. The second-order valence-electron chi connectivity index (χ2n) is 9.20. The third kappa shape index (κ3) is 4.23. The maximum absolute atomic E-state index is 14.1. The summed E-state index contributed by atoms with van der Waals surface area (Å²) in [6, 6.07) is 9.60. The zero-order valence-electron chi connectivity index (χ0n) is 20.3. The molecule has 1 fully saturated rings. The van der Waals surface area contributed by atoms with Crippen molar-refractivity contribution in [2.45, 2.75) is 25.8 Å². The quantitative estimate of drug-likeness (QED) is 0.298. The number of para-hydroxylation sites is 1. The number of carbonyl (C=O) groups is 2. The summed E-state index contributed by atoms with van der Waals surface area (Å²) in [6.45, 7) is 3.41. The number of benzene rings is 2. The molecule has 1 atom stereocenters. The molecule has 11 heteroatoms. The number of thiophene rings is 1. The van der Waals surface area contributed by atoms with Crippen LogP contribution in [0.1, 0.15) is 28.1 Å². The average molecular weight is 536 g/mol. The largest absolute Gasteiger partial charge is 0.451 e. The molecule has 0 aliphatic carbocycles. The maximum Gasteiger partial charge on any atom is 0.331 e. The van der Waals surface area contributed by atoms with Crippen LogP contribution in [0.15, 0.2) is 48.7 Å². The first-order chi connectivity index (χ1) is 18.4. The Labute approximate surface area is 220 Å². The topological polar surface area (TPSA) is 95.6 Å². The predicted molar refractivity (Wildman–Crippen MR) is 142 cm³/mol. The van der Waals surface area contributed by atoms with Gasteiger partial charge in [0, 0.05) is 18.8 Å². The number of hydrogen-bond donors (Lipinski definition) is 3. The highest BCUT2D eigenvalue weighted by molar-refractivity contribution is 7.21. The molecule has 8 nitrogen and oxygen atoms in total. The van der Waals surface area contributed by atoms with Gasteiger partial charge in [0.1, 0.15) is 15.5 Å². The van der Waals surface area contributed by atoms with Crippen LogP contribution in [0.5, 0.6) is 11.5 Å². The molecule has 4 aromatic rings. The van der Waals surface area contributed by atoms with Gasteiger partial charge in [-0.25, -0.2) is 18.6 Å². The van der Waals surface area contributed by atoms with Crippen LogP contribution in [0, 0.1) is 18.6 Å². The van der Waals surface area contributed by atoms with Crippen LogP contribution < -0.4 is 25.6 Å². The van der Waals surface area contributed by atoms with Gasteiger partial charge in [0.25, 0.3) is 5.91 Å². The lowest BCUT2D eigenvalue weighted by atomic mass is 10.1. The fourth-order valence-corrected chi connectivity index (χ4v) is 5.87. The summed E-state index contributed by atoms with van der Waals surface area (Å²) in [6.07, 6.45) is 3.48. The molecule has 0 unspecified atom stereocenters. The first-order valence-corrected chi connectivity index (χ1v) is 13.0. The van der Waals surface area contributed by atoms with Gasteiger partial charge < -0.3 is 20.7 Å². The predicted octanol–water partition coefficient (Wildman–Crippen LogP) is 5.84. The Morgan fingerprint density at radius 1 is 1.18 bits per heavy atom. The lowest BCUT2D eigenvalue weighted by Crippen LogP contribution is -2.45. The zero-order valence-corrected chi connectivity index (χ0v) is 21.1. The Balaban J connectivity index is 1.34. The van der Waals surface area contributed by atoms with Gasteiger partial charge in [-0.15, -0.1) is 11.3 Å². The van der Waals surface area contributed by atoms with Crippen molar-refractivity contribution in [2.24, 2.45) is 0 Å². The number of amides is 3. The van der Waals surface area contributed by atoms with Crippen molar-refractivity contribution in [3.63, 3.8) is 0 Å². The Morgan fingerprint density at radius 3 is 2.74 bits per heavy atom. The van der Waals surface area contributed by atoms with Crippen molar-refractivity contribution in [1.29, 1.82) is 0 Å². The van der Waals surface area contributed by atoms with Crippen molar-refractivity contribution in [1.82, 2.24) is 15.6 Å². The smallest absolute Gasteiger partial charge is 0.331 e. The van der Waals surface area contributed by atoms with Crippen LogP contribution in [0.2, 0.25) is 0 Å². The molecule has 2 aromatic heterocycles. The summed E-state index contributed by atoms with van der Waals surface area (Å²) in [7, 11) is 0. The Hall–Kier alpha value is -4.09. The van der Waals surface area contributed by atoms with Gasteiger partial charge in [-0.1, -0.05) is 6.07 Å². The minimum atomic E-state index is -0.814. The number of nitrogens with one attached hydrogen (secondary N) is 3. The molecule has 38 heavy (non-hydrogen) atoms. The number of carbonyl (C=O) groups excluding carboxylic acids is 2. The minimum Gasteiger partial charge on any atom is -0.451 e. The monoisotopic (exact) mass is 535 g/mol. The Morgan fingerprint density at radius 2 is 2.00 bits per heavy atom.